The van der Waals surface area contributed by atoms with Gasteiger partial charge >= 0.3 is 0 Å². The van der Waals surface area contributed by atoms with Crippen LogP contribution in [-0.2, 0) is 4.74 Å². The van der Waals surface area contributed by atoms with Crippen LogP contribution in [0, 0.1) is 0 Å². The second-order valence-corrected chi connectivity index (χ2v) is 8.54. The molecule has 0 aliphatic carbocycles. The van der Waals surface area contributed by atoms with Crippen molar-refractivity contribution in [1.82, 2.24) is 9.97 Å². The number of rotatable bonds is 8. The van der Waals surface area contributed by atoms with Gasteiger partial charge in [0.2, 0.25) is 0 Å². The Morgan fingerprint density at radius 1 is 0.973 bits per heavy atom. The van der Waals surface area contributed by atoms with E-state index in [9.17, 15) is 4.79 Å². The average Bonchev–Trinajstić information content (AvgIpc) is 2.95. The van der Waals surface area contributed by atoms with Gasteiger partial charge in [-0.2, -0.15) is 0 Å². The topological polar surface area (TPSA) is 85.8 Å². The van der Waals surface area contributed by atoms with Crippen molar-refractivity contribution in [2.75, 3.05) is 49.7 Å². The Balaban J connectivity index is 1.55. The first-order valence-corrected chi connectivity index (χ1v) is 12.6. The zero-order chi connectivity index (χ0) is 25.6. The highest BCUT2D eigenvalue weighted by Gasteiger charge is 2.22. The van der Waals surface area contributed by atoms with Gasteiger partial charge in [0.15, 0.2) is 0 Å². The summed E-state index contributed by atoms with van der Waals surface area (Å²) in [7, 11) is 0. The number of nitrogens with one attached hydrogen (secondary N) is 1. The van der Waals surface area contributed by atoms with Gasteiger partial charge in [-0.1, -0.05) is 18.2 Å². The molecule has 0 unspecified atom stereocenters. The SMILES string of the molecule is CCOc1cc(N2CCOCC2)c(OCC)cc1NC(=O)c1cc(-c2ccncc2)nc2ccccc12. The van der Waals surface area contributed by atoms with Crippen LogP contribution in [0.1, 0.15) is 24.2 Å². The number of para-hydroxylation sites is 1. The zero-order valence-corrected chi connectivity index (χ0v) is 21.1. The van der Waals surface area contributed by atoms with Gasteiger partial charge < -0.3 is 24.4 Å². The van der Waals surface area contributed by atoms with E-state index in [1.54, 1.807) is 12.4 Å². The number of fused-ring (bicyclic) bond motifs is 1. The first kappa shape index (κ1) is 24.5. The third kappa shape index (κ3) is 5.34. The Hall–Kier alpha value is -4.17. The standard InChI is InChI=1S/C29H30N4O4/c1-3-36-27-19-26(33-13-15-35-16-14-33)28(37-4-2)18-25(27)32-29(34)22-17-24(20-9-11-30-12-10-20)31-23-8-6-5-7-21(22)23/h5-12,17-19H,3-4,13-16H2,1-2H3,(H,32,34). The summed E-state index contributed by atoms with van der Waals surface area (Å²) in [5.41, 5.74) is 4.34. The number of pyridine rings is 2. The fourth-order valence-corrected chi connectivity index (χ4v) is 4.47. The Kier molecular flexibility index (Phi) is 7.46. The molecule has 0 atom stereocenters. The van der Waals surface area contributed by atoms with Crippen LogP contribution in [0.4, 0.5) is 11.4 Å². The molecule has 5 rings (SSSR count). The molecule has 1 saturated heterocycles. The second-order valence-electron chi connectivity index (χ2n) is 8.54. The Bertz CT molecular complexity index is 1390. The molecule has 2 aromatic carbocycles. The van der Waals surface area contributed by atoms with E-state index in [4.69, 9.17) is 19.2 Å². The second kappa shape index (κ2) is 11.3. The molecule has 2 aromatic heterocycles. The number of nitrogens with zero attached hydrogens (tertiary/aromatic N) is 3. The third-order valence-electron chi connectivity index (χ3n) is 6.20. The first-order valence-electron chi connectivity index (χ1n) is 12.6. The smallest absolute Gasteiger partial charge is 0.256 e. The van der Waals surface area contributed by atoms with E-state index < -0.39 is 0 Å². The van der Waals surface area contributed by atoms with Crippen molar-refractivity contribution in [3.63, 3.8) is 0 Å². The molecule has 1 aliphatic rings. The number of aromatic nitrogens is 2. The van der Waals surface area contributed by atoms with Crippen LogP contribution in [0.3, 0.4) is 0 Å². The van der Waals surface area contributed by atoms with Gasteiger partial charge in [0.25, 0.3) is 5.91 Å². The maximum Gasteiger partial charge on any atom is 0.256 e. The van der Waals surface area contributed by atoms with Crippen molar-refractivity contribution < 1.29 is 19.0 Å². The highest BCUT2D eigenvalue weighted by molar-refractivity contribution is 6.13. The van der Waals surface area contributed by atoms with Crippen molar-refractivity contribution in [3.8, 4) is 22.8 Å². The molecule has 8 heteroatoms. The van der Waals surface area contributed by atoms with Crippen molar-refractivity contribution in [1.29, 1.82) is 0 Å². The number of carbonyl (C=O) groups is 1. The Labute approximate surface area is 216 Å². The van der Waals surface area contributed by atoms with Crippen LogP contribution < -0.4 is 19.7 Å². The highest BCUT2D eigenvalue weighted by Crippen LogP contribution is 2.40. The summed E-state index contributed by atoms with van der Waals surface area (Å²) < 4.78 is 17.5. The van der Waals surface area contributed by atoms with Crippen LogP contribution in [0.15, 0.2) is 67.0 Å². The number of anilines is 2. The summed E-state index contributed by atoms with van der Waals surface area (Å²) in [5.74, 6) is 1.03. The molecular weight excluding hydrogens is 468 g/mol. The Morgan fingerprint density at radius 3 is 2.46 bits per heavy atom. The number of benzene rings is 2. The molecule has 1 N–H and O–H groups in total. The number of amides is 1. The lowest BCUT2D eigenvalue weighted by atomic mass is 10.0. The lowest BCUT2D eigenvalue weighted by molar-refractivity contribution is 0.102. The van der Waals surface area contributed by atoms with E-state index in [1.807, 2.05) is 68.4 Å². The summed E-state index contributed by atoms with van der Waals surface area (Å²) in [6.45, 7) is 7.67. The maximum absolute atomic E-state index is 13.7. The van der Waals surface area contributed by atoms with Crippen LogP contribution in [-0.4, -0.2) is 55.4 Å². The largest absolute Gasteiger partial charge is 0.492 e. The molecule has 4 aromatic rings. The molecule has 3 heterocycles. The van der Waals surface area contributed by atoms with Gasteiger partial charge in [-0.05, 0) is 38.1 Å². The van der Waals surface area contributed by atoms with Crippen LogP contribution >= 0.6 is 0 Å². The number of morpholine rings is 1. The van der Waals surface area contributed by atoms with Gasteiger partial charge in [0.05, 0.1) is 54.6 Å². The summed E-state index contributed by atoms with van der Waals surface area (Å²) in [6, 6.07) is 17.0. The molecule has 190 valence electrons. The molecule has 1 fully saturated rings. The summed E-state index contributed by atoms with van der Waals surface area (Å²) in [4.78, 5) is 24.8. The van der Waals surface area contributed by atoms with Gasteiger partial charge in [-0.25, -0.2) is 4.98 Å². The monoisotopic (exact) mass is 498 g/mol. The van der Waals surface area contributed by atoms with Gasteiger partial charge in [0, 0.05) is 48.6 Å². The number of hydrogen-bond acceptors (Lipinski definition) is 7. The summed E-state index contributed by atoms with van der Waals surface area (Å²) in [5, 5.41) is 3.85. The fraction of sp³-hybridized carbons (Fsp3) is 0.276. The third-order valence-corrected chi connectivity index (χ3v) is 6.20. The van der Waals surface area contributed by atoms with E-state index >= 15 is 0 Å². The highest BCUT2D eigenvalue weighted by atomic mass is 16.5. The lowest BCUT2D eigenvalue weighted by Crippen LogP contribution is -2.36. The minimum Gasteiger partial charge on any atom is -0.492 e. The minimum absolute atomic E-state index is 0.253. The molecule has 1 amide bonds. The minimum atomic E-state index is -0.253. The zero-order valence-electron chi connectivity index (χ0n) is 21.1. The summed E-state index contributed by atoms with van der Waals surface area (Å²) >= 11 is 0. The van der Waals surface area contributed by atoms with E-state index in [0.29, 0.717) is 54.9 Å². The summed E-state index contributed by atoms with van der Waals surface area (Å²) in [6.07, 6.45) is 3.43. The van der Waals surface area contributed by atoms with Crippen molar-refractivity contribution in [3.05, 3.63) is 72.6 Å². The predicted octanol–water partition coefficient (Wildman–Crippen LogP) is 5.18. The molecule has 37 heavy (non-hydrogen) atoms. The quantitative estimate of drug-likeness (QED) is 0.358. The first-order chi connectivity index (χ1) is 18.2. The normalized spacial score (nSPS) is 13.4. The van der Waals surface area contributed by atoms with Crippen molar-refractivity contribution in [2.24, 2.45) is 0 Å². The molecule has 0 bridgehead atoms. The van der Waals surface area contributed by atoms with Crippen LogP contribution in [0.2, 0.25) is 0 Å². The van der Waals surface area contributed by atoms with E-state index in [2.05, 4.69) is 15.2 Å². The van der Waals surface area contributed by atoms with Gasteiger partial charge in [-0.3, -0.25) is 9.78 Å². The van der Waals surface area contributed by atoms with Crippen molar-refractivity contribution >= 4 is 28.2 Å². The van der Waals surface area contributed by atoms with Crippen LogP contribution in [0.25, 0.3) is 22.2 Å². The molecular formula is C29H30N4O4. The van der Waals surface area contributed by atoms with E-state index in [1.165, 1.54) is 0 Å². The van der Waals surface area contributed by atoms with Crippen molar-refractivity contribution in [2.45, 2.75) is 13.8 Å². The number of ether oxygens (including phenoxy) is 3. The number of carbonyl (C=O) groups excluding carboxylic acids is 1. The molecule has 0 spiro atoms. The van der Waals surface area contributed by atoms with E-state index in [0.717, 1.165) is 35.2 Å². The van der Waals surface area contributed by atoms with Gasteiger partial charge in [-0.15, -0.1) is 0 Å². The predicted molar refractivity (Wildman–Crippen MR) is 145 cm³/mol. The molecule has 8 nitrogen and oxygen atoms in total. The lowest BCUT2D eigenvalue weighted by Gasteiger charge is -2.31. The maximum atomic E-state index is 13.7. The van der Waals surface area contributed by atoms with Crippen LogP contribution in [0.5, 0.6) is 11.5 Å². The molecule has 0 radical (unpaired) electrons. The fourth-order valence-electron chi connectivity index (χ4n) is 4.47. The molecule has 1 aliphatic heterocycles. The average molecular weight is 499 g/mol. The Morgan fingerprint density at radius 2 is 1.70 bits per heavy atom. The number of hydrogen-bond donors (Lipinski definition) is 1. The van der Waals surface area contributed by atoms with Gasteiger partial charge in [0.1, 0.15) is 11.5 Å². The van der Waals surface area contributed by atoms with E-state index in [-0.39, 0.29) is 5.91 Å². The molecule has 0 saturated carbocycles.